The predicted octanol–water partition coefficient (Wildman–Crippen LogP) is 5.37. The van der Waals surface area contributed by atoms with E-state index < -0.39 is 5.60 Å². The number of esters is 1. The number of carbonyl (C=O) groups excluding carboxylic acids is 1. The van der Waals surface area contributed by atoms with Crippen molar-refractivity contribution in [2.24, 2.45) is 5.92 Å². The highest BCUT2D eigenvalue weighted by Gasteiger charge is 2.24. The minimum Gasteiger partial charge on any atom is -0.490 e. The van der Waals surface area contributed by atoms with Crippen molar-refractivity contribution in [3.63, 3.8) is 0 Å². The van der Waals surface area contributed by atoms with E-state index in [9.17, 15) is 4.79 Å². The fourth-order valence-corrected chi connectivity index (χ4v) is 6.43. The second-order valence-electron chi connectivity index (χ2n) is 13.7. The number of nitrogens with zero attached hydrogens (tertiary/aromatic N) is 6. The third kappa shape index (κ3) is 9.36. The van der Waals surface area contributed by atoms with Crippen LogP contribution in [0.5, 0.6) is 5.75 Å². The van der Waals surface area contributed by atoms with E-state index in [2.05, 4.69) is 35.6 Å². The number of nitrogens with one attached hydrogen (secondary N) is 1. The van der Waals surface area contributed by atoms with Crippen molar-refractivity contribution in [3.8, 4) is 28.5 Å². The van der Waals surface area contributed by atoms with Crippen LogP contribution in [0.3, 0.4) is 0 Å². The fraction of sp³-hybridized carbons (Fsp3) is 0.571. The Morgan fingerprint density at radius 3 is 2.51 bits per heavy atom. The van der Waals surface area contributed by atoms with Crippen LogP contribution in [0.4, 0.5) is 0 Å². The summed E-state index contributed by atoms with van der Waals surface area (Å²) >= 11 is 0. The summed E-state index contributed by atoms with van der Waals surface area (Å²) in [7, 11) is 0. The molecule has 0 unspecified atom stereocenters. The summed E-state index contributed by atoms with van der Waals surface area (Å²) in [5, 5.41) is 19.5. The zero-order valence-corrected chi connectivity index (χ0v) is 27.8. The second kappa shape index (κ2) is 15.4. The molecule has 0 atom stereocenters. The third-order valence-electron chi connectivity index (χ3n) is 9.00. The highest BCUT2D eigenvalue weighted by Crippen LogP contribution is 2.33. The number of fused-ring (bicyclic) bond motifs is 1. The Hall–Kier alpha value is -3.87. The molecule has 2 aliphatic heterocycles. The van der Waals surface area contributed by atoms with Crippen LogP contribution < -0.4 is 4.74 Å². The van der Waals surface area contributed by atoms with Gasteiger partial charge in [0.15, 0.2) is 5.76 Å². The summed E-state index contributed by atoms with van der Waals surface area (Å²) < 4.78 is 23.3. The van der Waals surface area contributed by atoms with Crippen LogP contribution in [0.25, 0.3) is 33.6 Å². The number of aromatic nitrogens is 5. The van der Waals surface area contributed by atoms with Crippen LogP contribution in [0, 0.1) is 5.92 Å². The van der Waals surface area contributed by atoms with Crippen LogP contribution in [-0.4, -0.2) is 106 Å². The predicted molar refractivity (Wildman–Crippen MR) is 178 cm³/mol. The number of benzene rings is 2. The Balaban J connectivity index is 0.885. The molecule has 2 aromatic heterocycles. The average molecular weight is 646 g/mol. The van der Waals surface area contributed by atoms with Crippen molar-refractivity contribution in [2.75, 3.05) is 52.5 Å². The summed E-state index contributed by atoms with van der Waals surface area (Å²) in [6.07, 6.45) is 6.30. The van der Waals surface area contributed by atoms with E-state index in [1.165, 1.54) is 19.3 Å². The van der Waals surface area contributed by atoms with Crippen LogP contribution in [0.15, 0.2) is 47.0 Å². The lowest BCUT2D eigenvalue weighted by Crippen LogP contribution is -2.40. The first-order chi connectivity index (χ1) is 22.8. The largest absolute Gasteiger partial charge is 0.490 e. The molecule has 6 rings (SSSR count). The lowest BCUT2D eigenvalue weighted by atomic mass is 9.93. The molecule has 0 radical (unpaired) electrons. The molecule has 0 saturated carbocycles. The van der Waals surface area contributed by atoms with Crippen molar-refractivity contribution >= 4 is 16.9 Å². The van der Waals surface area contributed by atoms with Gasteiger partial charge in [-0.2, -0.15) is 5.21 Å². The molecule has 12 heteroatoms. The van der Waals surface area contributed by atoms with E-state index in [1.54, 1.807) is 0 Å². The zero-order valence-electron chi connectivity index (χ0n) is 27.8. The van der Waals surface area contributed by atoms with Crippen LogP contribution >= 0.6 is 0 Å². The van der Waals surface area contributed by atoms with Gasteiger partial charge in [0, 0.05) is 30.8 Å². The molecule has 2 fully saturated rings. The summed E-state index contributed by atoms with van der Waals surface area (Å²) in [5.74, 6) is 2.66. The molecule has 0 spiro atoms. The number of aromatic amines is 1. The molecule has 12 nitrogen and oxygen atoms in total. The molecule has 47 heavy (non-hydrogen) atoms. The highest BCUT2D eigenvalue weighted by atomic mass is 16.6. The first-order valence-corrected chi connectivity index (χ1v) is 16.9. The molecule has 2 aliphatic rings. The lowest BCUT2D eigenvalue weighted by Gasteiger charge is -2.35. The van der Waals surface area contributed by atoms with Gasteiger partial charge < -0.3 is 28.5 Å². The van der Waals surface area contributed by atoms with Crippen LogP contribution in [0.2, 0.25) is 0 Å². The average Bonchev–Trinajstić information content (AvgIpc) is 3.75. The second-order valence-corrected chi connectivity index (χ2v) is 13.7. The van der Waals surface area contributed by atoms with Crippen LogP contribution in [0.1, 0.15) is 59.3 Å². The normalized spacial score (nSPS) is 17.3. The van der Waals surface area contributed by atoms with E-state index in [4.69, 9.17) is 18.7 Å². The molecule has 4 aromatic rings. The Kier molecular flexibility index (Phi) is 10.8. The van der Waals surface area contributed by atoms with E-state index >= 15 is 0 Å². The topological polar surface area (TPSA) is 132 Å². The zero-order chi connectivity index (χ0) is 32.6. The van der Waals surface area contributed by atoms with Gasteiger partial charge in [0.2, 0.25) is 5.82 Å². The minimum absolute atomic E-state index is 0.198. The van der Waals surface area contributed by atoms with E-state index in [0.717, 1.165) is 85.8 Å². The van der Waals surface area contributed by atoms with Gasteiger partial charge in [0.05, 0.1) is 25.0 Å². The maximum absolute atomic E-state index is 11.8. The molecule has 252 valence electrons. The number of likely N-dealkylation sites (tertiary alicyclic amines) is 2. The number of piperidine rings is 2. The number of hydrogen-bond acceptors (Lipinski definition) is 11. The Labute approximate surface area is 276 Å². The number of hydrogen-bond donors (Lipinski definition) is 1. The Bertz CT molecular complexity index is 1570. The first kappa shape index (κ1) is 33.0. The summed E-state index contributed by atoms with van der Waals surface area (Å²) in [6.45, 7) is 13.2. The molecule has 1 N–H and O–H groups in total. The van der Waals surface area contributed by atoms with Crippen molar-refractivity contribution in [2.45, 2.75) is 71.0 Å². The molecule has 2 aromatic carbocycles. The molecule has 0 aliphatic carbocycles. The summed E-state index contributed by atoms with van der Waals surface area (Å²) in [4.78, 5) is 16.9. The van der Waals surface area contributed by atoms with Crippen LogP contribution in [-0.2, 0) is 14.3 Å². The number of ether oxygens (including phenoxy) is 3. The maximum Gasteiger partial charge on any atom is 0.308 e. The minimum atomic E-state index is -0.443. The van der Waals surface area contributed by atoms with Crippen molar-refractivity contribution in [1.29, 1.82) is 0 Å². The number of carbonyl (C=O) groups is 1. The van der Waals surface area contributed by atoms with E-state index in [1.807, 2.05) is 63.2 Å². The van der Waals surface area contributed by atoms with Gasteiger partial charge in [-0.25, -0.2) is 0 Å². The summed E-state index contributed by atoms with van der Waals surface area (Å²) in [5.41, 5.74) is 2.09. The first-order valence-electron chi connectivity index (χ1n) is 16.9. The maximum atomic E-state index is 11.8. The quantitative estimate of drug-likeness (QED) is 0.149. The third-order valence-corrected chi connectivity index (χ3v) is 9.00. The molecular weight excluding hydrogens is 598 g/mol. The van der Waals surface area contributed by atoms with Crippen molar-refractivity contribution in [1.82, 2.24) is 35.6 Å². The summed E-state index contributed by atoms with van der Waals surface area (Å²) in [6, 6.07) is 13.9. The SMILES string of the molecule is CC(C)(C)OC(=O)CCOCCN1CCC(CCN2CCC(Oc3cccc(-c4onc5ccc(-c6nn[nH]n6)cc45)c3)CC2)CC1. The fourth-order valence-electron chi connectivity index (χ4n) is 6.43. The van der Waals surface area contributed by atoms with E-state index in [0.29, 0.717) is 31.2 Å². The van der Waals surface area contributed by atoms with Gasteiger partial charge in [-0.1, -0.05) is 17.3 Å². The van der Waals surface area contributed by atoms with E-state index in [-0.39, 0.29) is 12.1 Å². The van der Waals surface area contributed by atoms with Gasteiger partial charge in [-0.05, 0) is 114 Å². The van der Waals surface area contributed by atoms with Gasteiger partial charge in [-0.15, -0.1) is 10.2 Å². The van der Waals surface area contributed by atoms with Gasteiger partial charge >= 0.3 is 5.97 Å². The Morgan fingerprint density at radius 1 is 0.957 bits per heavy atom. The van der Waals surface area contributed by atoms with Gasteiger partial charge in [-0.3, -0.25) is 4.79 Å². The monoisotopic (exact) mass is 645 g/mol. The number of H-pyrrole nitrogens is 1. The lowest BCUT2D eigenvalue weighted by molar-refractivity contribution is -0.156. The number of tetrazole rings is 1. The molecule has 0 bridgehead atoms. The van der Waals surface area contributed by atoms with Crippen molar-refractivity contribution in [3.05, 3.63) is 42.5 Å². The van der Waals surface area contributed by atoms with Gasteiger partial charge in [0.25, 0.3) is 0 Å². The smallest absolute Gasteiger partial charge is 0.308 e. The molecular formula is C35H47N7O5. The molecule has 4 heterocycles. The molecule has 2 saturated heterocycles. The number of rotatable bonds is 13. The Morgan fingerprint density at radius 2 is 1.74 bits per heavy atom. The highest BCUT2D eigenvalue weighted by molar-refractivity contribution is 5.94. The standard InChI is InChI=1S/C35H47N7O5/c1-35(2,3)46-32(43)14-21-44-22-20-42-16-10-25(11-17-42)9-15-41-18-12-28(13-19-41)45-29-6-4-5-26(23-29)33-30-24-27(34-36-39-40-37-34)7-8-31(30)38-47-33/h4-8,23-25,28H,9-22H2,1-3H3,(H,36,37,39,40). The van der Waals surface area contributed by atoms with Gasteiger partial charge in [0.1, 0.15) is 23.0 Å². The van der Waals surface area contributed by atoms with Crippen molar-refractivity contribution < 1.29 is 23.5 Å². The molecule has 0 amide bonds.